The number of rotatable bonds is 2. The first-order valence-corrected chi connectivity index (χ1v) is 4.12. The molecule has 0 unspecified atom stereocenters. The molecule has 1 heterocycles. The first-order valence-electron chi connectivity index (χ1n) is 3.32. The molecule has 0 bridgehead atoms. The van der Waals surface area contributed by atoms with E-state index >= 15 is 0 Å². The van der Waals surface area contributed by atoms with Crippen LogP contribution in [0.1, 0.15) is 5.69 Å². The summed E-state index contributed by atoms with van der Waals surface area (Å²) in [7, 11) is 0. The number of nitrogens with zero attached hydrogens (tertiary/aromatic N) is 2. The average molecular weight is 273 g/mol. The van der Waals surface area contributed by atoms with Gasteiger partial charge >= 0.3 is 12.1 Å². The second kappa shape index (κ2) is 3.60. The van der Waals surface area contributed by atoms with Crippen molar-refractivity contribution in [1.82, 2.24) is 9.78 Å². The Labute approximate surface area is 84.5 Å². The van der Waals surface area contributed by atoms with Crippen LogP contribution < -0.4 is 0 Å². The molecular weight excluding hydrogens is 269 g/mol. The maximum absolute atomic E-state index is 12.1. The third kappa shape index (κ3) is 2.47. The van der Waals surface area contributed by atoms with Crippen molar-refractivity contribution in [2.24, 2.45) is 0 Å². The van der Waals surface area contributed by atoms with Crippen LogP contribution in [-0.4, -0.2) is 20.9 Å². The van der Waals surface area contributed by atoms with Crippen LogP contribution in [-0.2, 0) is 17.5 Å². The molecule has 0 spiro atoms. The molecule has 0 saturated carbocycles. The van der Waals surface area contributed by atoms with Crippen molar-refractivity contribution in [3.8, 4) is 0 Å². The molecular formula is C6H4BrF3N2O2. The monoisotopic (exact) mass is 272 g/mol. The predicted octanol–water partition coefficient (Wildman–Crippen LogP) is 1.75. The fourth-order valence-electron chi connectivity index (χ4n) is 0.809. The second-order valence-electron chi connectivity index (χ2n) is 2.41. The number of hydrogen-bond acceptors (Lipinski definition) is 2. The summed E-state index contributed by atoms with van der Waals surface area (Å²) >= 11 is 2.65. The zero-order chi connectivity index (χ0) is 10.9. The lowest BCUT2D eigenvalue weighted by atomic mass is 10.4. The quantitative estimate of drug-likeness (QED) is 0.893. The van der Waals surface area contributed by atoms with Crippen LogP contribution in [0.3, 0.4) is 0 Å². The molecule has 0 atom stereocenters. The molecule has 0 aliphatic rings. The van der Waals surface area contributed by atoms with E-state index in [1.54, 1.807) is 0 Å². The maximum atomic E-state index is 12.1. The van der Waals surface area contributed by atoms with E-state index in [0.717, 1.165) is 6.20 Å². The molecule has 1 aromatic heterocycles. The van der Waals surface area contributed by atoms with Gasteiger partial charge in [-0.2, -0.15) is 18.3 Å². The molecule has 0 saturated heterocycles. The summed E-state index contributed by atoms with van der Waals surface area (Å²) in [4.78, 5) is 10.2. The highest BCUT2D eigenvalue weighted by molar-refractivity contribution is 9.10. The Morgan fingerprint density at radius 3 is 2.57 bits per heavy atom. The number of aromatic nitrogens is 2. The van der Waals surface area contributed by atoms with Crippen molar-refractivity contribution in [3.05, 3.63) is 16.4 Å². The third-order valence-corrected chi connectivity index (χ3v) is 1.86. The average Bonchev–Trinajstić information content (AvgIpc) is 2.27. The molecule has 1 N–H and O–H groups in total. The van der Waals surface area contributed by atoms with Gasteiger partial charge in [-0.3, -0.25) is 9.48 Å². The third-order valence-electron chi connectivity index (χ3n) is 1.28. The molecule has 78 valence electrons. The lowest BCUT2D eigenvalue weighted by Crippen LogP contribution is -2.12. The van der Waals surface area contributed by atoms with Gasteiger partial charge in [0.15, 0.2) is 5.69 Å². The summed E-state index contributed by atoms with van der Waals surface area (Å²) in [6, 6.07) is 0. The molecule has 4 nitrogen and oxygen atoms in total. The van der Waals surface area contributed by atoms with Gasteiger partial charge in [0.05, 0.1) is 4.47 Å². The SMILES string of the molecule is O=C(O)Cn1cc(Br)c(C(F)(F)F)n1. The Morgan fingerprint density at radius 1 is 1.64 bits per heavy atom. The van der Waals surface area contributed by atoms with Crippen molar-refractivity contribution in [1.29, 1.82) is 0 Å². The van der Waals surface area contributed by atoms with E-state index in [4.69, 9.17) is 5.11 Å². The van der Waals surface area contributed by atoms with Crippen molar-refractivity contribution < 1.29 is 23.1 Å². The van der Waals surface area contributed by atoms with Gasteiger partial charge in [-0.15, -0.1) is 0 Å². The topological polar surface area (TPSA) is 55.1 Å². The minimum Gasteiger partial charge on any atom is -0.480 e. The van der Waals surface area contributed by atoms with Gasteiger partial charge in [-0.1, -0.05) is 0 Å². The highest BCUT2D eigenvalue weighted by Crippen LogP contribution is 2.33. The molecule has 0 aromatic carbocycles. The van der Waals surface area contributed by atoms with Gasteiger partial charge < -0.3 is 5.11 Å². The van der Waals surface area contributed by atoms with Gasteiger partial charge in [0.2, 0.25) is 0 Å². The fraction of sp³-hybridized carbons (Fsp3) is 0.333. The van der Waals surface area contributed by atoms with Gasteiger partial charge in [-0.25, -0.2) is 0 Å². The number of aliphatic carboxylic acids is 1. The summed E-state index contributed by atoms with van der Waals surface area (Å²) in [5.41, 5.74) is -1.13. The van der Waals surface area contributed by atoms with E-state index in [2.05, 4.69) is 21.0 Å². The van der Waals surface area contributed by atoms with E-state index in [-0.39, 0.29) is 4.47 Å². The Bertz CT molecular complexity index is 360. The minimum atomic E-state index is -4.58. The van der Waals surface area contributed by atoms with E-state index in [1.165, 1.54) is 0 Å². The van der Waals surface area contributed by atoms with E-state index in [1.807, 2.05) is 0 Å². The van der Waals surface area contributed by atoms with Crippen LogP contribution >= 0.6 is 15.9 Å². The van der Waals surface area contributed by atoms with Gasteiger partial charge in [0.25, 0.3) is 0 Å². The van der Waals surface area contributed by atoms with Crippen molar-refractivity contribution >= 4 is 21.9 Å². The van der Waals surface area contributed by atoms with Crippen LogP contribution in [0, 0.1) is 0 Å². The number of carboxylic acid groups (broad SMARTS) is 1. The molecule has 0 amide bonds. The Kier molecular flexibility index (Phi) is 2.84. The molecule has 1 aromatic rings. The summed E-state index contributed by atoms with van der Waals surface area (Å²) in [5.74, 6) is -1.26. The summed E-state index contributed by atoms with van der Waals surface area (Å²) < 4.78 is 36.9. The molecule has 0 aliphatic heterocycles. The lowest BCUT2D eigenvalue weighted by Gasteiger charge is -2.01. The number of halogens is 4. The number of carboxylic acids is 1. The largest absolute Gasteiger partial charge is 0.480 e. The molecule has 0 fully saturated rings. The Hall–Kier alpha value is -1.05. The van der Waals surface area contributed by atoms with Gasteiger partial charge in [0, 0.05) is 6.20 Å². The normalized spacial score (nSPS) is 11.7. The van der Waals surface area contributed by atoms with Crippen molar-refractivity contribution in [2.75, 3.05) is 0 Å². The Morgan fingerprint density at radius 2 is 2.21 bits per heavy atom. The highest BCUT2D eigenvalue weighted by atomic mass is 79.9. The molecule has 8 heteroatoms. The lowest BCUT2D eigenvalue weighted by molar-refractivity contribution is -0.143. The number of alkyl halides is 3. The van der Waals surface area contributed by atoms with Crippen LogP contribution in [0.15, 0.2) is 10.7 Å². The van der Waals surface area contributed by atoms with Gasteiger partial charge in [-0.05, 0) is 15.9 Å². The van der Waals surface area contributed by atoms with Crippen LogP contribution in [0.4, 0.5) is 13.2 Å². The van der Waals surface area contributed by atoms with E-state index < -0.39 is 24.4 Å². The fourth-order valence-corrected chi connectivity index (χ4v) is 1.35. The van der Waals surface area contributed by atoms with Crippen LogP contribution in [0.5, 0.6) is 0 Å². The second-order valence-corrected chi connectivity index (χ2v) is 3.27. The van der Waals surface area contributed by atoms with E-state index in [9.17, 15) is 18.0 Å². The summed E-state index contributed by atoms with van der Waals surface area (Å²) in [6.45, 7) is -0.603. The first kappa shape index (κ1) is 11.0. The number of hydrogen-bond donors (Lipinski definition) is 1. The van der Waals surface area contributed by atoms with Crippen LogP contribution in [0.25, 0.3) is 0 Å². The van der Waals surface area contributed by atoms with E-state index in [0.29, 0.717) is 4.68 Å². The first-order chi connectivity index (χ1) is 6.30. The number of carbonyl (C=O) groups is 1. The zero-order valence-corrected chi connectivity index (χ0v) is 8.13. The highest BCUT2D eigenvalue weighted by Gasteiger charge is 2.36. The molecule has 14 heavy (non-hydrogen) atoms. The Balaban J connectivity index is 2.99. The molecule has 0 radical (unpaired) electrons. The van der Waals surface area contributed by atoms with Crippen molar-refractivity contribution in [2.45, 2.75) is 12.7 Å². The van der Waals surface area contributed by atoms with Gasteiger partial charge in [0.1, 0.15) is 6.54 Å². The molecule has 0 aliphatic carbocycles. The minimum absolute atomic E-state index is 0.272. The smallest absolute Gasteiger partial charge is 0.436 e. The zero-order valence-electron chi connectivity index (χ0n) is 6.55. The molecule has 1 rings (SSSR count). The predicted molar refractivity (Wildman–Crippen MR) is 42.6 cm³/mol. The van der Waals surface area contributed by atoms with Crippen LogP contribution in [0.2, 0.25) is 0 Å². The summed E-state index contributed by atoms with van der Waals surface area (Å²) in [5, 5.41) is 11.4. The van der Waals surface area contributed by atoms with Crippen molar-refractivity contribution in [3.63, 3.8) is 0 Å². The standard InChI is InChI=1S/C6H4BrF3N2O2/c7-3-1-12(2-4(13)14)11-5(3)6(8,9)10/h1H,2H2,(H,13,14). The summed E-state index contributed by atoms with van der Waals surface area (Å²) in [6.07, 6.45) is -3.61. The maximum Gasteiger partial charge on any atom is 0.436 e.